The molecule has 4 unspecified atom stereocenters. The zero-order chi connectivity index (χ0) is 11.8. The molecule has 3 rings (SSSR count). The lowest BCUT2D eigenvalue weighted by molar-refractivity contribution is 0.327. The first kappa shape index (κ1) is 12.0. The number of fused-ring (bicyclic) bond motifs is 2. The second-order valence-corrected chi connectivity index (χ2v) is 6.97. The molecule has 4 atom stereocenters. The molecule has 2 heteroatoms. The molecular weight excluding hydrogens is 321 g/mol. The van der Waals surface area contributed by atoms with Crippen LogP contribution in [0.2, 0.25) is 0 Å². The summed E-state index contributed by atoms with van der Waals surface area (Å²) < 4.78 is 1.32. The molecule has 2 bridgehead atoms. The molecule has 0 saturated heterocycles. The number of nitrogens with one attached hydrogen (secondary N) is 1. The standard InChI is InChI=1S/C15H20IN/c1-10(12-4-6-14(16)7-5-12)17-15-9-11-2-3-13(15)8-11/h4-7,10-11,13,15,17H,2-3,8-9H2,1H3. The molecule has 0 amide bonds. The van der Waals surface area contributed by atoms with E-state index in [1.165, 1.54) is 34.8 Å². The molecular formula is C15H20IN. The highest BCUT2D eigenvalue weighted by Crippen LogP contribution is 2.45. The lowest BCUT2D eigenvalue weighted by Gasteiger charge is -2.27. The normalized spacial score (nSPS) is 32.9. The van der Waals surface area contributed by atoms with Crippen molar-refractivity contribution in [2.45, 2.75) is 44.7 Å². The van der Waals surface area contributed by atoms with Crippen LogP contribution in [0, 0.1) is 15.4 Å². The maximum atomic E-state index is 3.84. The number of benzene rings is 1. The SMILES string of the molecule is CC(NC1CC2CCC1C2)c1ccc(I)cc1. The minimum atomic E-state index is 0.497. The van der Waals surface area contributed by atoms with Gasteiger partial charge in [0.25, 0.3) is 0 Å². The maximum Gasteiger partial charge on any atom is 0.0294 e. The Morgan fingerprint density at radius 1 is 1.18 bits per heavy atom. The minimum Gasteiger partial charge on any atom is -0.307 e. The molecule has 2 saturated carbocycles. The molecule has 92 valence electrons. The van der Waals surface area contributed by atoms with Crippen molar-refractivity contribution in [1.29, 1.82) is 0 Å². The Morgan fingerprint density at radius 2 is 1.94 bits per heavy atom. The Morgan fingerprint density at radius 3 is 2.53 bits per heavy atom. The van der Waals surface area contributed by atoms with Gasteiger partial charge in [0.05, 0.1) is 0 Å². The van der Waals surface area contributed by atoms with Gasteiger partial charge < -0.3 is 5.32 Å². The molecule has 1 aromatic rings. The first-order valence-electron chi connectivity index (χ1n) is 6.74. The second kappa shape index (κ2) is 4.88. The van der Waals surface area contributed by atoms with Crippen molar-refractivity contribution in [2.24, 2.45) is 11.8 Å². The Kier molecular flexibility index (Phi) is 3.44. The predicted octanol–water partition coefficient (Wildman–Crippen LogP) is 4.13. The van der Waals surface area contributed by atoms with Crippen molar-refractivity contribution in [3.05, 3.63) is 33.4 Å². The summed E-state index contributed by atoms with van der Waals surface area (Å²) in [6, 6.07) is 10.2. The van der Waals surface area contributed by atoms with E-state index >= 15 is 0 Å². The molecule has 0 radical (unpaired) electrons. The molecule has 2 aliphatic carbocycles. The zero-order valence-corrected chi connectivity index (χ0v) is 12.5. The van der Waals surface area contributed by atoms with Gasteiger partial charge >= 0.3 is 0 Å². The predicted molar refractivity (Wildman–Crippen MR) is 79.9 cm³/mol. The van der Waals surface area contributed by atoms with E-state index in [1.807, 2.05) is 0 Å². The Labute approximate surface area is 118 Å². The average molecular weight is 341 g/mol. The largest absolute Gasteiger partial charge is 0.307 e. The maximum absolute atomic E-state index is 3.84. The van der Waals surface area contributed by atoms with E-state index < -0.39 is 0 Å². The van der Waals surface area contributed by atoms with Gasteiger partial charge in [-0.3, -0.25) is 0 Å². The summed E-state index contributed by atoms with van der Waals surface area (Å²) in [6.45, 7) is 2.30. The smallest absolute Gasteiger partial charge is 0.0294 e. The Bertz CT molecular complexity index is 386. The third-order valence-corrected chi connectivity index (χ3v) is 5.29. The highest BCUT2D eigenvalue weighted by atomic mass is 127. The fourth-order valence-electron chi connectivity index (χ4n) is 3.62. The summed E-state index contributed by atoms with van der Waals surface area (Å²) in [5.41, 5.74) is 1.42. The van der Waals surface area contributed by atoms with Gasteiger partial charge in [-0.1, -0.05) is 18.6 Å². The molecule has 17 heavy (non-hydrogen) atoms. The summed E-state index contributed by atoms with van der Waals surface area (Å²) in [5.74, 6) is 1.99. The van der Waals surface area contributed by atoms with Crippen molar-refractivity contribution < 1.29 is 0 Å². The summed E-state index contributed by atoms with van der Waals surface area (Å²) >= 11 is 2.36. The van der Waals surface area contributed by atoms with Gasteiger partial charge in [-0.05, 0) is 78.3 Å². The van der Waals surface area contributed by atoms with Crippen LogP contribution in [0.25, 0.3) is 0 Å². The lowest BCUT2D eigenvalue weighted by Crippen LogP contribution is -2.35. The van der Waals surface area contributed by atoms with Gasteiger partial charge in [-0.15, -0.1) is 0 Å². The molecule has 0 aliphatic heterocycles. The monoisotopic (exact) mass is 341 g/mol. The van der Waals surface area contributed by atoms with Crippen LogP contribution in [0.1, 0.15) is 44.2 Å². The van der Waals surface area contributed by atoms with Crippen LogP contribution in [-0.4, -0.2) is 6.04 Å². The highest BCUT2D eigenvalue weighted by Gasteiger charge is 2.39. The second-order valence-electron chi connectivity index (χ2n) is 5.72. The van der Waals surface area contributed by atoms with Crippen molar-refractivity contribution in [3.63, 3.8) is 0 Å². The first-order valence-corrected chi connectivity index (χ1v) is 7.82. The van der Waals surface area contributed by atoms with Crippen LogP contribution in [0.5, 0.6) is 0 Å². The van der Waals surface area contributed by atoms with Gasteiger partial charge in [-0.2, -0.15) is 0 Å². The lowest BCUT2D eigenvalue weighted by atomic mass is 9.94. The fraction of sp³-hybridized carbons (Fsp3) is 0.600. The summed E-state index contributed by atoms with van der Waals surface area (Å²) in [7, 11) is 0. The van der Waals surface area contributed by atoms with E-state index in [1.54, 1.807) is 0 Å². The molecule has 2 fully saturated rings. The summed E-state index contributed by atoms with van der Waals surface area (Å²) in [6.07, 6.45) is 5.85. The van der Waals surface area contributed by atoms with Crippen molar-refractivity contribution in [2.75, 3.05) is 0 Å². The Balaban J connectivity index is 1.63. The van der Waals surface area contributed by atoms with E-state index in [2.05, 4.69) is 59.1 Å². The topological polar surface area (TPSA) is 12.0 Å². The van der Waals surface area contributed by atoms with Crippen LogP contribution >= 0.6 is 22.6 Å². The van der Waals surface area contributed by atoms with E-state index in [0.717, 1.165) is 17.9 Å². The zero-order valence-electron chi connectivity index (χ0n) is 10.3. The number of hydrogen-bond acceptors (Lipinski definition) is 1. The van der Waals surface area contributed by atoms with Crippen molar-refractivity contribution >= 4 is 22.6 Å². The number of hydrogen-bond donors (Lipinski definition) is 1. The molecule has 0 spiro atoms. The molecule has 1 aromatic carbocycles. The molecule has 1 N–H and O–H groups in total. The highest BCUT2D eigenvalue weighted by molar-refractivity contribution is 14.1. The van der Waals surface area contributed by atoms with E-state index in [4.69, 9.17) is 0 Å². The molecule has 1 nitrogen and oxygen atoms in total. The quantitative estimate of drug-likeness (QED) is 0.815. The molecule has 0 heterocycles. The fourth-order valence-corrected chi connectivity index (χ4v) is 3.98. The average Bonchev–Trinajstić information content (AvgIpc) is 2.91. The summed E-state index contributed by atoms with van der Waals surface area (Å²) in [5, 5.41) is 3.84. The van der Waals surface area contributed by atoms with Crippen molar-refractivity contribution in [3.8, 4) is 0 Å². The summed E-state index contributed by atoms with van der Waals surface area (Å²) in [4.78, 5) is 0. The van der Waals surface area contributed by atoms with Crippen LogP contribution in [0.4, 0.5) is 0 Å². The van der Waals surface area contributed by atoms with E-state index in [0.29, 0.717) is 6.04 Å². The third-order valence-electron chi connectivity index (χ3n) is 4.57. The van der Waals surface area contributed by atoms with Crippen LogP contribution in [0.15, 0.2) is 24.3 Å². The first-order chi connectivity index (χ1) is 8.22. The number of rotatable bonds is 3. The van der Waals surface area contributed by atoms with Gasteiger partial charge in [0.1, 0.15) is 0 Å². The molecule has 2 aliphatic rings. The van der Waals surface area contributed by atoms with E-state index in [9.17, 15) is 0 Å². The van der Waals surface area contributed by atoms with Crippen LogP contribution < -0.4 is 5.32 Å². The van der Waals surface area contributed by atoms with Crippen LogP contribution in [-0.2, 0) is 0 Å². The van der Waals surface area contributed by atoms with Gasteiger partial charge in [0.15, 0.2) is 0 Å². The van der Waals surface area contributed by atoms with Gasteiger partial charge in [0.2, 0.25) is 0 Å². The molecule has 0 aromatic heterocycles. The van der Waals surface area contributed by atoms with Gasteiger partial charge in [0, 0.05) is 15.7 Å². The third kappa shape index (κ3) is 2.53. The Hall–Kier alpha value is -0.0900. The van der Waals surface area contributed by atoms with Gasteiger partial charge in [-0.25, -0.2) is 0 Å². The number of halogens is 1. The minimum absolute atomic E-state index is 0.497. The van der Waals surface area contributed by atoms with Crippen molar-refractivity contribution in [1.82, 2.24) is 5.32 Å². The van der Waals surface area contributed by atoms with E-state index in [-0.39, 0.29) is 0 Å². The van der Waals surface area contributed by atoms with Crippen LogP contribution in [0.3, 0.4) is 0 Å².